The number of carboxylic acids is 1. The highest BCUT2D eigenvalue weighted by Gasteiger charge is 2.11. The molecule has 0 aliphatic heterocycles. The van der Waals surface area contributed by atoms with Gasteiger partial charge in [-0.25, -0.2) is 4.79 Å². The number of hydrogen-bond donors (Lipinski definition) is 3. The Hall–Kier alpha value is -1.97. The molecule has 0 unspecified atom stereocenters. The quantitative estimate of drug-likeness (QED) is 0.619. The van der Waals surface area contributed by atoms with Gasteiger partial charge in [0.2, 0.25) is 0 Å². The van der Waals surface area contributed by atoms with Gasteiger partial charge >= 0.3 is 5.97 Å². The van der Waals surface area contributed by atoms with Crippen molar-refractivity contribution in [3.05, 3.63) is 30.0 Å². The van der Waals surface area contributed by atoms with Crippen LogP contribution in [0.25, 0.3) is 10.9 Å². The molecular weight excluding hydrogens is 170 g/mol. The molecule has 0 bridgehead atoms. The van der Waals surface area contributed by atoms with Gasteiger partial charge < -0.3 is 15.2 Å². The van der Waals surface area contributed by atoms with Crippen molar-refractivity contribution >= 4 is 16.9 Å². The fourth-order valence-electron chi connectivity index (χ4n) is 1.32. The first-order valence-electron chi connectivity index (χ1n) is 3.72. The van der Waals surface area contributed by atoms with E-state index in [0.717, 1.165) is 0 Å². The van der Waals surface area contributed by atoms with E-state index in [2.05, 4.69) is 4.98 Å². The average molecular weight is 177 g/mol. The summed E-state index contributed by atoms with van der Waals surface area (Å²) in [5.41, 5.74) is 0.630. The highest BCUT2D eigenvalue weighted by molar-refractivity contribution is 6.04. The monoisotopic (exact) mass is 177 g/mol. The minimum absolute atomic E-state index is 0.0602. The predicted molar refractivity (Wildman–Crippen MR) is 46.9 cm³/mol. The predicted octanol–water partition coefficient (Wildman–Crippen LogP) is 1.57. The molecule has 1 heterocycles. The van der Waals surface area contributed by atoms with Crippen LogP contribution in [0.5, 0.6) is 5.75 Å². The van der Waals surface area contributed by atoms with Gasteiger partial charge in [0, 0.05) is 11.6 Å². The van der Waals surface area contributed by atoms with Crippen LogP contribution in [0.3, 0.4) is 0 Å². The third-order valence-corrected chi connectivity index (χ3v) is 1.92. The zero-order valence-electron chi connectivity index (χ0n) is 6.61. The molecule has 0 aliphatic carbocycles. The summed E-state index contributed by atoms with van der Waals surface area (Å²) in [7, 11) is 0. The van der Waals surface area contributed by atoms with E-state index in [-0.39, 0.29) is 11.3 Å². The standard InChI is InChI=1S/C9H7NO3/c11-7-3-1-2-5-6(9(12)13)4-10-8(5)7/h1-4,10-11H,(H,12,13). The van der Waals surface area contributed by atoms with Crippen molar-refractivity contribution in [1.29, 1.82) is 0 Å². The number of hydrogen-bond acceptors (Lipinski definition) is 2. The summed E-state index contributed by atoms with van der Waals surface area (Å²) in [5, 5.41) is 18.6. The molecule has 4 heteroatoms. The first kappa shape index (κ1) is 7.67. The van der Waals surface area contributed by atoms with Crippen LogP contribution in [0.4, 0.5) is 0 Å². The summed E-state index contributed by atoms with van der Waals surface area (Å²) >= 11 is 0. The van der Waals surface area contributed by atoms with Gasteiger partial charge in [-0.2, -0.15) is 0 Å². The van der Waals surface area contributed by atoms with Crippen molar-refractivity contribution in [3.63, 3.8) is 0 Å². The number of para-hydroxylation sites is 1. The molecule has 0 saturated heterocycles. The van der Waals surface area contributed by atoms with Crippen LogP contribution in [-0.2, 0) is 0 Å². The van der Waals surface area contributed by atoms with Gasteiger partial charge in [0.1, 0.15) is 5.75 Å². The lowest BCUT2D eigenvalue weighted by Gasteiger charge is -1.93. The summed E-state index contributed by atoms with van der Waals surface area (Å²) in [4.78, 5) is 13.4. The topological polar surface area (TPSA) is 73.3 Å². The molecular formula is C9H7NO3. The maximum absolute atomic E-state index is 10.7. The molecule has 66 valence electrons. The number of carbonyl (C=O) groups is 1. The van der Waals surface area contributed by atoms with Gasteiger partial charge in [0.05, 0.1) is 11.1 Å². The van der Waals surface area contributed by atoms with Crippen LogP contribution >= 0.6 is 0 Å². The van der Waals surface area contributed by atoms with Gasteiger partial charge in [-0.3, -0.25) is 0 Å². The van der Waals surface area contributed by atoms with E-state index < -0.39 is 5.97 Å². The van der Waals surface area contributed by atoms with Crippen LogP contribution in [0.15, 0.2) is 24.4 Å². The third-order valence-electron chi connectivity index (χ3n) is 1.92. The van der Waals surface area contributed by atoms with E-state index in [1.807, 2.05) is 0 Å². The van der Waals surface area contributed by atoms with E-state index >= 15 is 0 Å². The number of aromatic hydroxyl groups is 1. The number of phenolic OH excluding ortho intramolecular Hbond substituents is 1. The molecule has 0 aliphatic rings. The summed E-state index contributed by atoms with van der Waals surface area (Å²) in [5.74, 6) is -0.943. The molecule has 0 spiro atoms. The Morgan fingerprint density at radius 2 is 2.15 bits per heavy atom. The van der Waals surface area contributed by atoms with Gasteiger partial charge in [0.15, 0.2) is 0 Å². The van der Waals surface area contributed by atoms with Crippen LogP contribution < -0.4 is 0 Å². The smallest absolute Gasteiger partial charge is 0.337 e. The lowest BCUT2D eigenvalue weighted by molar-refractivity contribution is 0.0699. The SMILES string of the molecule is O=C(O)c1c[nH]c2c(O)cccc12. The van der Waals surface area contributed by atoms with E-state index in [4.69, 9.17) is 5.11 Å². The first-order chi connectivity index (χ1) is 6.20. The zero-order valence-corrected chi connectivity index (χ0v) is 6.61. The lowest BCUT2D eigenvalue weighted by Crippen LogP contribution is -1.93. The number of aromatic nitrogens is 1. The Balaban J connectivity index is 2.83. The van der Waals surface area contributed by atoms with E-state index in [9.17, 15) is 9.90 Å². The minimum Gasteiger partial charge on any atom is -0.506 e. The molecule has 3 N–H and O–H groups in total. The zero-order chi connectivity index (χ0) is 9.42. The molecule has 1 aromatic heterocycles. The molecule has 0 radical (unpaired) electrons. The molecule has 0 saturated carbocycles. The minimum atomic E-state index is -1.00. The molecule has 2 aromatic rings. The molecule has 2 rings (SSSR count). The van der Waals surface area contributed by atoms with Crippen molar-refractivity contribution in [1.82, 2.24) is 4.98 Å². The number of benzene rings is 1. The Kier molecular flexibility index (Phi) is 1.48. The molecule has 0 atom stereocenters. The second kappa shape index (κ2) is 2.52. The second-order valence-electron chi connectivity index (χ2n) is 2.71. The summed E-state index contributed by atoms with van der Waals surface area (Å²) in [6.45, 7) is 0. The second-order valence-corrected chi connectivity index (χ2v) is 2.71. The van der Waals surface area contributed by atoms with E-state index in [1.165, 1.54) is 12.3 Å². The lowest BCUT2D eigenvalue weighted by atomic mass is 10.2. The molecule has 1 aromatic carbocycles. The summed E-state index contributed by atoms with van der Waals surface area (Å²) in [6.07, 6.45) is 1.37. The molecule has 0 amide bonds. The van der Waals surface area contributed by atoms with Gasteiger partial charge in [-0.05, 0) is 6.07 Å². The van der Waals surface area contributed by atoms with Crippen LogP contribution in [-0.4, -0.2) is 21.2 Å². The van der Waals surface area contributed by atoms with E-state index in [0.29, 0.717) is 10.9 Å². The number of nitrogens with one attached hydrogen (secondary N) is 1. The van der Waals surface area contributed by atoms with Crippen molar-refractivity contribution < 1.29 is 15.0 Å². The number of aromatic amines is 1. The van der Waals surface area contributed by atoms with E-state index in [1.54, 1.807) is 12.1 Å². The first-order valence-corrected chi connectivity index (χ1v) is 3.72. The number of aromatic carboxylic acids is 1. The Bertz CT molecular complexity index is 473. The summed E-state index contributed by atoms with van der Waals surface area (Å²) < 4.78 is 0. The molecule has 0 fully saturated rings. The maximum Gasteiger partial charge on any atom is 0.337 e. The van der Waals surface area contributed by atoms with Crippen molar-refractivity contribution in [3.8, 4) is 5.75 Å². The van der Waals surface area contributed by atoms with Gasteiger partial charge in [-0.1, -0.05) is 12.1 Å². The van der Waals surface area contributed by atoms with Crippen LogP contribution in [0, 0.1) is 0 Å². The maximum atomic E-state index is 10.7. The number of H-pyrrole nitrogens is 1. The number of rotatable bonds is 1. The molecule has 4 nitrogen and oxygen atoms in total. The summed E-state index contributed by atoms with van der Waals surface area (Å²) in [6, 6.07) is 4.76. The average Bonchev–Trinajstić information content (AvgIpc) is 2.48. The third kappa shape index (κ3) is 1.03. The van der Waals surface area contributed by atoms with Crippen molar-refractivity contribution in [2.24, 2.45) is 0 Å². The normalized spacial score (nSPS) is 10.5. The fourth-order valence-corrected chi connectivity index (χ4v) is 1.32. The van der Waals surface area contributed by atoms with Gasteiger partial charge in [0.25, 0.3) is 0 Å². The molecule has 13 heavy (non-hydrogen) atoms. The number of phenols is 1. The van der Waals surface area contributed by atoms with Crippen molar-refractivity contribution in [2.75, 3.05) is 0 Å². The van der Waals surface area contributed by atoms with Gasteiger partial charge in [-0.15, -0.1) is 0 Å². The van der Waals surface area contributed by atoms with Crippen LogP contribution in [0.1, 0.15) is 10.4 Å². The highest BCUT2D eigenvalue weighted by atomic mass is 16.4. The number of fused-ring (bicyclic) bond motifs is 1. The van der Waals surface area contributed by atoms with Crippen molar-refractivity contribution in [2.45, 2.75) is 0 Å². The highest BCUT2D eigenvalue weighted by Crippen LogP contribution is 2.25. The Labute approximate surface area is 73.4 Å². The Morgan fingerprint density at radius 1 is 1.38 bits per heavy atom. The fraction of sp³-hybridized carbons (Fsp3) is 0. The van der Waals surface area contributed by atoms with Crippen LogP contribution in [0.2, 0.25) is 0 Å². The number of carboxylic acid groups (broad SMARTS) is 1. The largest absolute Gasteiger partial charge is 0.506 e. The Morgan fingerprint density at radius 3 is 2.85 bits per heavy atom.